The van der Waals surface area contributed by atoms with Gasteiger partial charge in [-0.05, 0) is 54.0 Å². The number of rotatable bonds is 1. The molecule has 0 atom stereocenters. The Bertz CT molecular complexity index is 625. The monoisotopic (exact) mass is 346 g/mol. The Morgan fingerprint density at radius 3 is 2.50 bits per heavy atom. The number of nitrogens with one attached hydrogen (secondary N) is 1. The number of fused-ring (bicyclic) bond motifs is 1. The number of thiocarbonyl (C=S) groups is 1. The van der Waals surface area contributed by atoms with Gasteiger partial charge in [0.25, 0.3) is 0 Å². The number of halogens is 1. The van der Waals surface area contributed by atoms with Crippen LogP contribution in [0.2, 0.25) is 0 Å². The maximum atomic E-state index is 5.52. The van der Waals surface area contributed by atoms with E-state index in [0.717, 1.165) is 34.8 Å². The molecule has 4 heteroatoms. The van der Waals surface area contributed by atoms with Crippen LogP contribution >= 0.6 is 28.1 Å². The smallest absolute Gasteiger partial charge is 0.173 e. The van der Waals surface area contributed by atoms with Crippen LogP contribution in [-0.4, -0.2) is 16.6 Å². The number of benzene rings is 2. The van der Waals surface area contributed by atoms with Gasteiger partial charge in [-0.1, -0.05) is 40.2 Å². The molecule has 3 rings (SSSR count). The predicted molar refractivity (Wildman–Crippen MR) is 90.9 cm³/mol. The van der Waals surface area contributed by atoms with Gasteiger partial charge in [0.05, 0.1) is 0 Å². The van der Waals surface area contributed by atoms with Crippen molar-refractivity contribution in [3.05, 3.63) is 64.1 Å². The molecule has 1 aliphatic heterocycles. The maximum Gasteiger partial charge on any atom is 0.173 e. The zero-order valence-corrected chi connectivity index (χ0v) is 13.4. The van der Waals surface area contributed by atoms with E-state index in [9.17, 15) is 0 Å². The largest absolute Gasteiger partial charge is 0.344 e. The van der Waals surface area contributed by atoms with Crippen molar-refractivity contribution in [2.45, 2.75) is 13.0 Å². The van der Waals surface area contributed by atoms with Crippen molar-refractivity contribution in [1.29, 1.82) is 0 Å². The Balaban J connectivity index is 1.68. The molecule has 2 aromatic carbocycles. The average molecular weight is 347 g/mol. The number of hydrogen-bond donors (Lipinski definition) is 1. The molecular weight excluding hydrogens is 332 g/mol. The van der Waals surface area contributed by atoms with E-state index < -0.39 is 0 Å². The molecule has 1 heterocycles. The van der Waals surface area contributed by atoms with Crippen LogP contribution in [0.4, 0.5) is 5.69 Å². The fourth-order valence-corrected chi connectivity index (χ4v) is 2.94. The molecule has 0 aromatic heterocycles. The standard InChI is InChI=1S/C16H15BrN2S/c17-14-5-7-15(8-6-14)18-16(20)19-10-9-12-3-1-2-4-13(12)11-19/h1-8H,9-11H2,(H,18,20). The SMILES string of the molecule is S=C(Nc1ccc(Br)cc1)N1CCc2ccccc2C1. The zero-order valence-electron chi connectivity index (χ0n) is 11.0. The summed E-state index contributed by atoms with van der Waals surface area (Å²) in [7, 11) is 0. The summed E-state index contributed by atoms with van der Waals surface area (Å²) in [6, 6.07) is 16.7. The van der Waals surface area contributed by atoms with Crippen LogP contribution in [0.25, 0.3) is 0 Å². The Labute approximate surface area is 132 Å². The normalized spacial score (nSPS) is 13.8. The lowest BCUT2D eigenvalue weighted by Gasteiger charge is -2.31. The van der Waals surface area contributed by atoms with Crippen molar-refractivity contribution in [3.8, 4) is 0 Å². The molecule has 0 fully saturated rings. The third-order valence-corrected chi connectivity index (χ3v) is 4.40. The van der Waals surface area contributed by atoms with Crippen LogP contribution < -0.4 is 5.32 Å². The van der Waals surface area contributed by atoms with Gasteiger partial charge in [-0.3, -0.25) is 0 Å². The van der Waals surface area contributed by atoms with E-state index in [1.54, 1.807) is 0 Å². The fourth-order valence-electron chi connectivity index (χ4n) is 2.40. The number of anilines is 1. The molecule has 0 amide bonds. The summed E-state index contributed by atoms with van der Waals surface area (Å²) < 4.78 is 1.07. The van der Waals surface area contributed by atoms with Crippen LogP contribution in [0, 0.1) is 0 Å². The molecule has 20 heavy (non-hydrogen) atoms. The third kappa shape index (κ3) is 3.02. The van der Waals surface area contributed by atoms with Gasteiger partial charge >= 0.3 is 0 Å². The first-order chi connectivity index (χ1) is 9.72. The summed E-state index contributed by atoms with van der Waals surface area (Å²) in [6.45, 7) is 1.86. The van der Waals surface area contributed by atoms with E-state index in [0.29, 0.717) is 0 Å². The van der Waals surface area contributed by atoms with Gasteiger partial charge in [0.15, 0.2) is 5.11 Å². The van der Waals surface area contributed by atoms with E-state index in [2.05, 4.69) is 50.4 Å². The number of hydrogen-bond acceptors (Lipinski definition) is 1. The van der Waals surface area contributed by atoms with Gasteiger partial charge < -0.3 is 10.2 Å². The summed E-state index contributed by atoms with van der Waals surface area (Å²) >= 11 is 8.96. The minimum atomic E-state index is 0.793. The first-order valence-corrected chi connectivity index (χ1v) is 7.81. The average Bonchev–Trinajstić information content (AvgIpc) is 2.49. The van der Waals surface area contributed by atoms with Crippen LogP contribution in [0.5, 0.6) is 0 Å². The molecule has 2 nitrogen and oxygen atoms in total. The summed E-state index contributed by atoms with van der Waals surface area (Å²) in [5.41, 5.74) is 3.84. The lowest BCUT2D eigenvalue weighted by Crippen LogP contribution is -2.38. The Morgan fingerprint density at radius 2 is 1.75 bits per heavy atom. The second-order valence-corrected chi connectivity index (χ2v) is 6.18. The predicted octanol–water partition coefficient (Wildman–Crippen LogP) is 4.20. The van der Waals surface area contributed by atoms with Crippen LogP contribution in [0.3, 0.4) is 0 Å². The van der Waals surface area contributed by atoms with Gasteiger partial charge in [0.2, 0.25) is 0 Å². The third-order valence-electron chi connectivity index (χ3n) is 3.51. The van der Waals surface area contributed by atoms with Crippen molar-refractivity contribution in [2.75, 3.05) is 11.9 Å². The van der Waals surface area contributed by atoms with E-state index in [4.69, 9.17) is 12.2 Å². The second kappa shape index (κ2) is 5.94. The summed E-state index contributed by atoms with van der Waals surface area (Å²) in [5.74, 6) is 0. The van der Waals surface area contributed by atoms with E-state index in [-0.39, 0.29) is 0 Å². The highest BCUT2D eigenvalue weighted by atomic mass is 79.9. The summed E-state index contributed by atoms with van der Waals surface area (Å²) in [6.07, 6.45) is 1.05. The topological polar surface area (TPSA) is 15.3 Å². The quantitative estimate of drug-likeness (QED) is 0.779. The van der Waals surface area contributed by atoms with Gasteiger partial charge in [-0.2, -0.15) is 0 Å². The molecule has 1 aliphatic rings. The molecule has 0 aliphatic carbocycles. The fraction of sp³-hybridized carbons (Fsp3) is 0.188. The Morgan fingerprint density at radius 1 is 1.05 bits per heavy atom. The Hall–Kier alpha value is -1.39. The van der Waals surface area contributed by atoms with Crippen molar-refractivity contribution < 1.29 is 0 Å². The van der Waals surface area contributed by atoms with Crippen LogP contribution in [-0.2, 0) is 13.0 Å². The van der Waals surface area contributed by atoms with Gasteiger partial charge in [0, 0.05) is 23.2 Å². The first kappa shape index (κ1) is 13.6. The lowest BCUT2D eigenvalue weighted by atomic mass is 10.0. The lowest BCUT2D eigenvalue weighted by molar-refractivity contribution is 0.399. The van der Waals surface area contributed by atoms with Crippen molar-refractivity contribution >= 4 is 38.9 Å². The highest BCUT2D eigenvalue weighted by Crippen LogP contribution is 2.20. The van der Waals surface area contributed by atoms with Gasteiger partial charge in [0.1, 0.15) is 0 Å². The van der Waals surface area contributed by atoms with Gasteiger partial charge in [-0.15, -0.1) is 0 Å². The molecule has 0 saturated heterocycles. The summed E-state index contributed by atoms with van der Waals surface area (Å²) in [5, 5.41) is 4.10. The molecule has 0 bridgehead atoms. The minimum absolute atomic E-state index is 0.793. The molecule has 0 spiro atoms. The molecule has 0 radical (unpaired) electrons. The molecule has 102 valence electrons. The van der Waals surface area contributed by atoms with Crippen LogP contribution in [0.15, 0.2) is 53.0 Å². The highest BCUT2D eigenvalue weighted by molar-refractivity contribution is 9.10. The summed E-state index contributed by atoms with van der Waals surface area (Å²) in [4.78, 5) is 2.22. The molecule has 0 unspecified atom stereocenters. The Kier molecular flexibility index (Phi) is 4.03. The molecular formula is C16H15BrN2S. The van der Waals surface area contributed by atoms with E-state index in [1.165, 1.54) is 11.1 Å². The molecule has 0 saturated carbocycles. The molecule has 2 aromatic rings. The zero-order chi connectivity index (χ0) is 13.9. The van der Waals surface area contributed by atoms with Gasteiger partial charge in [-0.25, -0.2) is 0 Å². The maximum absolute atomic E-state index is 5.52. The highest BCUT2D eigenvalue weighted by Gasteiger charge is 2.17. The van der Waals surface area contributed by atoms with E-state index >= 15 is 0 Å². The van der Waals surface area contributed by atoms with Crippen molar-refractivity contribution in [1.82, 2.24) is 4.90 Å². The number of nitrogens with zero attached hydrogens (tertiary/aromatic N) is 1. The first-order valence-electron chi connectivity index (χ1n) is 6.60. The van der Waals surface area contributed by atoms with Crippen molar-refractivity contribution in [3.63, 3.8) is 0 Å². The van der Waals surface area contributed by atoms with E-state index in [1.807, 2.05) is 24.3 Å². The minimum Gasteiger partial charge on any atom is -0.344 e. The molecule has 1 N–H and O–H groups in total. The van der Waals surface area contributed by atoms with Crippen molar-refractivity contribution in [2.24, 2.45) is 0 Å². The van der Waals surface area contributed by atoms with Crippen LogP contribution in [0.1, 0.15) is 11.1 Å². The second-order valence-electron chi connectivity index (χ2n) is 4.88.